The number of hydrogen-bond acceptors (Lipinski definition) is 6. The number of nitrogens with one attached hydrogen (secondary N) is 1. The number of carbonyl (C=O) groups is 3. The molecule has 7 rings (SSSR count). The number of hydrogen-bond donors (Lipinski definition) is 1. The minimum absolute atomic E-state index is 0.0370. The fraction of sp³-hybridized carbons (Fsp3) is 0.500. The number of aromatic nitrogens is 2. The molecule has 6 atom stereocenters. The summed E-state index contributed by atoms with van der Waals surface area (Å²) in [7, 11) is 0. The van der Waals surface area contributed by atoms with Crippen molar-refractivity contribution in [1.29, 1.82) is 0 Å². The zero-order valence-corrected chi connectivity index (χ0v) is 33.0. The lowest BCUT2D eigenvalue weighted by Crippen LogP contribution is -2.62. The molecular weight excluding hydrogens is 659 g/mol. The maximum atomic E-state index is 14.1. The summed E-state index contributed by atoms with van der Waals surface area (Å²) in [4.78, 5) is 50.1. The van der Waals surface area contributed by atoms with Crippen molar-refractivity contribution in [3.05, 3.63) is 111 Å². The van der Waals surface area contributed by atoms with Crippen LogP contribution in [0.5, 0.6) is 0 Å². The van der Waals surface area contributed by atoms with Crippen LogP contribution >= 0.6 is 0 Å². The van der Waals surface area contributed by atoms with Crippen LogP contribution in [0.15, 0.2) is 82.7 Å². The molecule has 0 aliphatic heterocycles. The summed E-state index contributed by atoms with van der Waals surface area (Å²) in [6, 6.07) is 9.55. The Balaban J connectivity index is 1.15. The highest BCUT2D eigenvalue weighted by molar-refractivity contribution is 6.08. The van der Waals surface area contributed by atoms with Gasteiger partial charge in [0.05, 0.1) is 29.3 Å². The Labute approximate surface area is 315 Å². The minimum Gasteiger partial charge on any atom is -0.419 e. The molecule has 0 bridgehead atoms. The van der Waals surface area contributed by atoms with Crippen molar-refractivity contribution in [2.45, 2.75) is 114 Å². The molecule has 1 amide bonds. The van der Waals surface area contributed by atoms with Crippen LogP contribution in [0.1, 0.15) is 115 Å². The van der Waals surface area contributed by atoms with E-state index in [4.69, 9.17) is 9.72 Å². The topological polar surface area (TPSA) is 98.2 Å². The largest absolute Gasteiger partial charge is 0.419 e. The highest BCUT2D eigenvalue weighted by atomic mass is 16.5. The third kappa shape index (κ3) is 5.90. The lowest BCUT2D eigenvalue weighted by atomic mass is 9.34. The van der Waals surface area contributed by atoms with Gasteiger partial charge in [-0.3, -0.25) is 19.6 Å². The van der Waals surface area contributed by atoms with E-state index in [1.165, 1.54) is 11.6 Å². The van der Waals surface area contributed by atoms with Crippen molar-refractivity contribution in [3.63, 3.8) is 0 Å². The normalized spacial score (nSPS) is 33.5. The molecule has 0 radical (unpaired) electrons. The quantitative estimate of drug-likeness (QED) is 0.237. The average Bonchev–Trinajstić information content (AvgIpc) is 3.12. The van der Waals surface area contributed by atoms with E-state index in [-0.39, 0.29) is 39.1 Å². The van der Waals surface area contributed by atoms with Gasteiger partial charge in [-0.1, -0.05) is 82.7 Å². The van der Waals surface area contributed by atoms with Crippen molar-refractivity contribution in [3.8, 4) is 0 Å². The van der Waals surface area contributed by atoms with E-state index in [9.17, 15) is 14.4 Å². The van der Waals surface area contributed by atoms with Gasteiger partial charge < -0.3 is 10.1 Å². The SMILES string of the molecule is CC1=C(OC(=O)/C=C/c2ccccc2)C(=O)C=C2C1=CC=C1[C@@]2(C)CC[C@@]2(C)[C@@H]3C[C@](C)(C(=O)NCc4nc(C)c(C)nc4C)CC[C@]3(C)CC[C@]12C. The Kier molecular flexibility index (Phi) is 8.98. The molecule has 53 heavy (non-hydrogen) atoms. The number of esters is 1. The molecule has 0 unspecified atom stereocenters. The van der Waals surface area contributed by atoms with E-state index in [0.717, 1.165) is 84.4 Å². The van der Waals surface area contributed by atoms with E-state index >= 15 is 0 Å². The van der Waals surface area contributed by atoms with Crippen molar-refractivity contribution < 1.29 is 19.1 Å². The van der Waals surface area contributed by atoms with Crippen LogP contribution < -0.4 is 5.32 Å². The number of rotatable bonds is 6. The first-order valence-corrected chi connectivity index (χ1v) is 19.4. The van der Waals surface area contributed by atoms with Gasteiger partial charge in [0, 0.05) is 22.5 Å². The third-order valence-corrected chi connectivity index (χ3v) is 14.8. The maximum absolute atomic E-state index is 14.1. The van der Waals surface area contributed by atoms with Gasteiger partial charge in [0.2, 0.25) is 11.7 Å². The summed E-state index contributed by atoms with van der Waals surface area (Å²) < 4.78 is 5.70. The van der Waals surface area contributed by atoms with Gasteiger partial charge in [0.15, 0.2) is 5.76 Å². The number of carbonyl (C=O) groups excluding carboxylic acids is 3. The van der Waals surface area contributed by atoms with E-state index in [2.05, 4.69) is 57.1 Å². The van der Waals surface area contributed by atoms with Gasteiger partial charge in [-0.2, -0.15) is 0 Å². The number of benzene rings is 1. The standard InChI is InChI=1S/C46H55N3O4/c1-28-33-16-17-37-44(7,34(33)25-36(50)40(28)53-39(51)18-15-32-13-11-10-12-14-32)22-24-46(9)38-26-43(6,20-19-42(38,5)21-23-45(37,46)8)41(52)47-27-35-31(4)48-29(2)30(3)49-35/h10-18,25,38H,19-24,26-27H2,1-9H3,(H,47,52)/b18-15+/t38-,42-,43-,44+,45-,46+/m1/s1. The first-order valence-electron chi connectivity index (χ1n) is 19.4. The highest BCUT2D eigenvalue weighted by Crippen LogP contribution is 2.75. The molecule has 0 saturated heterocycles. The second-order valence-electron chi connectivity index (χ2n) is 17.9. The monoisotopic (exact) mass is 713 g/mol. The van der Waals surface area contributed by atoms with E-state index < -0.39 is 11.4 Å². The van der Waals surface area contributed by atoms with Gasteiger partial charge in [0.1, 0.15) is 0 Å². The summed E-state index contributed by atoms with van der Waals surface area (Å²) in [5, 5.41) is 3.28. The van der Waals surface area contributed by atoms with Gasteiger partial charge >= 0.3 is 5.97 Å². The second-order valence-corrected chi connectivity index (χ2v) is 17.9. The summed E-state index contributed by atoms with van der Waals surface area (Å²) in [6.07, 6.45) is 16.1. The third-order valence-electron chi connectivity index (χ3n) is 14.8. The van der Waals surface area contributed by atoms with Crippen LogP contribution in [0, 0.1) is 53.8 Å². The van der Waals surface area contributed by atoms with Crippen molar-refractivity contribution in [2.75, 3.05) is 0 Å². The zero-order valence-electron chi connectivity index (χ0n) is 33.0. The van der Waals surface area contributed by atoms with Gasteiger partial charge in [-0.05, 0) is 124 Å². The molecule has 1 aromatic carbocycles. The van der Waals surface area contributed by atoms with Crippen LogP contribution in [0.3, 0.4) is 0 Å². The Morgan fingerprint density at radius 2 is 1.57 bits per heavy atom. The fourth-order valence-electron chi connectivity index (χ4n) is 11.0. The Morgan fingerprint density at radius 3 is 2.30 bits per heavy atom. The molecule has 278 valence electrons. The van der Waals surface area contributed by atoms with E-state index in [1.807, 2.05) is 58.0 Å². The number of amides is 1. The molecular formula is C46H55N3O4. The van der Waals surface area contributed by atoms with Crippen molar-refractivity contribution in [1.82, 2.24) is 15.3 Å². The molecule has 5 aliphatic rings. The summed E-state index contributed by atoms with van der Waals surface area (Å²) >= 11 is 0. The Bertz CT molecular complexity index is 2070. The molecule has 1 N–H and O–H groups in total. The molecule has 3 saturated carbocycles. The number of fused-ring (bicyclic) bond motifs is 7. The van der Waals surface area contributed by atoms with Crippen LogP contribution in [0.25, 0.3) is 6.08 Å². The van der Waals surface area contributed by atoms with Gasteiger partial charge in [-0.15, -0.1) is 0 Å². The molecule has 5 aliphatic carbocycles. The molecule has 1 aromatic heterocycles. The number of ether oxygens (including phenoxy) is 1. The zero-order chi connectivity index (χ0) is 38.1. The predicted molar refractivity (Wildman–Crippen MR) is 208 cm³/mol. The predicted octanol–water partition coefficient (Wildman–Crippen LogP) is 9.34. The summed E-state index contributed by atoms with van der Waals surface area (Å²) in [5.74, 6) is -0.260. The first kappa shape index (κ1) is 36.9. The summed E-state index contributed by atoms with van der Waals surface area (Å²) in [5.41, 5.74) is 7.69. The Morgan fingerprint density at radius 1 is 0.868 bits per heavy atom. The van der Waals surface area contributed by atoms with Crippen LogP contribution in [0.4, 0.5) is 0 Å². The van der Waals surface area contributed by atoms with Crippen LogP contribution in [-0.4, -0.2) is 27.6 Å². The summed E-state index contributed by atoms with van der Waals surface area (Å²) in [6.45, 7) is 20.1. The molecule has 2 aromatic rings. The van der Waals surface area contributed by atoms with Crippen LogP contribution in [-0.2, 0) is 25.7 Å². The first-order chi connectivity index (χ1) is 24.9. The van der Waals surface area contributed by atoms with E-state index in [1.54, 1.807) is 12.2 Å². The van der Waals surface area contributed by atoms with Gasteiger partial charge in [0.25, 0.3) is 0 Å². The second kappa shape index (κ2) is 12.9. The number of ketones is 1. The van der Waals surface area contributed by atoms with Crippen LogP contribution in [0.2, 0.25) is 0 Å². The number of allylic oxidation sites excluding steroid dienone is 7. The minimum atomic E-state index is -0.569. The molecule has 7 nitrogen and oxygen atoms in total. The smallest absolute Gasteiger partial charge is 0.336 e. The Hall–Kier alpha value is -4.39. The molecule has 7 heteroatoms. The number of nitrogens with zero attached hydrogens (tertiary/aromatic N) is 2. The fourth-order valence-corrected chi connectivity index (χ4v) is 11.0. The average molecular weight is 714 g/mol. The van der Waals surface area contributed by atoms with Crippen molar-refractivity contribution in [2.24, 2.45) is 33.0 Å². The molecule has 3 fully saturated rings. The maximum Gasteiger partial charge on any atom is 0.336 e. The molecule has 1 heterocycles. The van der Waals surface area contributed by atoms with Gasteiger partial charge in [-0.25, -0.2) is 4.79 Å². The van der Waals surface area contributed by atoms with E-state index in [0.29, 0.717) is 18.0 Å². The number of aryl methyl sites for hydroxylation is 3. The van der Waals surface area contributed by atoms with Crippen molar-refractivity contribution >= 4 is 23.7 Å². The highest BCUT2D eigenvalue weighted by Gasteiger charge is 2.67. The molecule has 0 spiro atoms. The lowest BCUT2D eigenvalue weighted by Gasteiger charge is -2.70. The lowest BCUT2D eigenvalue weighted by molar-refractivity contribution is -0.169.